The van der Waals surface area contributed by atoms with Crippen LogP contribution in [0.3, 0.4) is 0 Å². The topological polar surface area (TPSA) is 59.0 Å². The minimum atomic E-state index is -1.00. The van der Waals surface area contributed by atoms with Crippen molar-refractivity contribution in [2.45, 2.75) is 19.3 Å². The second-order valence-electron chi connectivity index (χ2n) is 4.92. The fraction of sp³-hybridized carbons (Fsp3) is 0.533. The number of benzene rings is 1. The molecule has 0 aromatic heterocycles. The first-order valence-electron chi connectivity index (χ1n) is 6.97. The maximum atomic E-state index is 11.2. The zero-order valence-corrected chi connectivity index (χ0v) is 11.8. The quantitative estimate of drug-likeness (QED) is 0.776. The van der Waals surface area contributed by atoms with Crippen molar-refractivity contribution in [3.63, 3.8) is 0 Å². The molecule has 5 nitrogen and oxygen atoms in total. The summed E-state index contributed by atoms with van der Waals surface area (Å²) >= 11 is 0. The summed E-state index contributed by atoms with van der Waals surface area (Å²) in [7, 11) is 1.51. The molecule has 0 aliphatic carbocycles. The summed E-state index contributed by atoms with van der Waals surface area (Å²) in [4.78, 5) is 13.6. The number of carboxylic acids is 1. The normalized spacial score (nSPS) is 15.2. The molecule has 0 radical (unpaired) electrons. The third-order valence-corrected chi connectivity index (χ3v) is 3.49. The Morgan fingerprint density at radius 1 is 1.35 bits per heavy atom. The summed E-state index contributed by atoms with van der Waals surface area (Å²) < 4.78 is 10.6. The van der Waals surface area contributed by atoms with Gasteiger partial charge in [-0.3, -0.25) is 0 Å². The van der Waals surface area contributed by atoms with Crippen LogP contribution in [0, 0.1) is 0 Å². The predicted octanol–water partition coefficient (Wildman–Crippen LogP) is 2.26. The van der Waals surface area contributed by atoms with Crippen LogP contribution in [0.2, 0.25) is 0 Å². The molecule has 20 heavy (non-hydrogen) atoms. The number of hydrogen-bond donors (Lipinski definition) is 1. The fourth-order valence-corrected chi connectivity index (χ4v) is 2.41. The molecule has 0 amide bonds. The molecule has 0 atom stereocenters. The molecule has 1 aromatic carbocycles. The number of methoxy groups -OCH3 is 1. The van der Waals surface area contributed by atoms with Crippen LogP contribution in [-0.4, -0.2) is 49.3 Å². The van der Waals surface area contributed by atoms with Crippen LogP contribution >= 0.6 is 0 Å². The van der Waals surface area contributed by atoms with E-state index in [1.54, 1.807) is 12.1 Å². The summed E-state index contributed by atoms with van der Waals surface area (Å²) in [5.74, 6) is -0.0787. The van der Waals surface area contributed by atoms with Gasteiger partial charge in [0.25, 0.3) is 0 Å². The van der Waals surface area contributed by atoms with Crippen LogP contribution in [0.15, 0.2) is 18.2 Å². The number of carbonyl (C=O) groups is 1. The molecule has 0 saturated carbocycles. The third-order valence-electron chi connectivity index (χ3n) is 3.49. The molecule has 1 aromatic rings. The van der Waals surface area contributed by atoms with Crippen LogP contribution in [-0.2, 0) is 0 Å². The molecule has 0 spiro atoms. The molecule has 2 rings (SSSR count). The lowest BCUT2D eigenvalue weighted by atomic mass is 10.2. The highest BCUT2D eigenvalue weighted by molar-refractivity contribution is 5.91. The molecule has 1 fully saturated rings. The molecule has 1 aliphatic heterocycles. The van der Waals surface area contributed by atoms with Gasteiger partial charge in [0.05, 0.1) is 13.7 Å². The molecule has 1 heterocycles. The highest BCUT2D eigenvalue weighted by atomic mass is 16.5. The zero-order chi connectivity index (χ0) is 14.4. The molecule has 0 bridgehead atoms. The Labute approximate surface area is 119 Å². The van der Waals surface area contributed by atoms with Crippen molar-refractivity contribution in [1.82, 2.24) is 4.90 Å². The molecule has 5 heteroatoms. The van der Waals surface area contributed by atoms with Crippen molar-refractivity contribution >= 4 is 5.97 Å². The number of nitrogens with zero attached hydrogens (tertiary/aromatic N) is 1. The summed E-state index contributed by atoms with van der Waals surface area (Å²) in [5, 5.41) is 9.17. The number of ether oxygens (including phenoxy) is 2. The van der Waals surface area contributed by atoms with E-state index in [-0.39, 0.29) is 5.56 Å². The zero-order valence-electron chi connectivity index (χ0n) is 11.8. The van der Waals surface area contributed by atoms with Crippen molar-refractivity contribution in [2.24, 2.45) is 0 Å². The molecular weight excluding hydrogens is 258 g/mol. The SMILES string of the molecule is COc1ccc(OCCCN2CCCC2)c(C(=O)O)c1. The van der Waals surface area contributed by atoms with E-state index >= 15 is 0 Å². The Hall–Kier alpha value is -1.75. The van der Waals surface area contributed by atoms with E-state index in [0.717, 1.165) is 13.0 Å². The minimum Gasteiger partial charge on any atom is -0.497 e. The monoisotopic (exact) mass is 279 g/mol. The van der Waals surface area contributed by atoms with Crippen molar-refractivity contribution in [3.8, 4) is 11.5 Å². The van der Waals surface area contributed by atoms with Crippen LogP contribution in [0.5, 0.6) is 11.5 Å². The summed E-state index contributed by atoms with van der Waals surface area (Å²) in [6, 6.07) is 4.85. The van der Waals surface area contributed by atoms with E-state index < -0.39 is 5.97 Å². The summed E-state index contributed by atoms with van der Waals surface area (Å²) in [6.07, 6.45) is 3.47. The number of carboxylic acid groups (broad SMARTS) is 1. The minimum absolute atomic E-state index is 0.144. The lowest BCUT2D eigenvalue weighted by Gasteiger charge is -2.15. The Kier molecular flexibility index (Phi) is 5.24. The van der Waals surface area contributed by atoms with Gasteiger partial charge in [-0.2, -0.15) is 0 Å². The van der Waals surface area contributed by atoms with E-state index in [0.29, 0.717) is 18.1 Å². The van der Waals surface area contributed by atoms with Gasteiger partial charge in [-0.25, -0.2) is 4.79 Å². The van der Waals surface area contributed by atoms with Gasteiger partial charge in [0, 0.05) is 6.54 Å². The maximum absolute atomic E-state index is 11.2. The molecule has 1 saturated heterocycles. The van der Waals surface area contributed by atoms with E-state index in [9.17, 15) is 9.90 Å². The van der Waals surface area contributed by atoms with Gasteiger partial charge < -0.3 is 19.5 Å². The van der Waals surface area contributed by atoms with Crippen molar-refractivity contribution in [2.75, 3.05) is 33.4 Å². The van der Waals surface area contributed by atoms with Gasteiger partial charge in [0.15, 0.2) is 0 Å². The van der Waals surface area contributed by atoms with E-state index in [4.69, 9.17) is 9.47 Å². The summed E-state index contributed by atoms with van der Waals surface area (Å²) in [6.45, 7) is 3.88. The Morgan fingerprint density at radius 2 is 2.10 bits per heavy atom. The van der Waals surface area contributed by atoms with Crippen molar-refractivity contribution < 1.29 is 19.4 Å². The fourth-order valence-electron chi connectivity index (χ4n) is 2.41. The van der Waals surface area contributed by atoms with Gasteiger partial charge in [-0.15, -0.1) is 0 Å². The van der Waals surface area contributed by atoms with Crippen LogP contribution in [0.25, 0.3) is 0 Å². The standard InChI is InChI=1S/C15H21NO4/c1-19-12-5-6-14(13(11-12)15(17)18)20-10-4-9-16-7-2-3-8-16/h5-6,11H,2-4,7-10H2,1H3,(H,17,18). The highest BCUT2D eigenvalue weighted by Crippen LogP contribution is 2.24. The molecule has 1 N–H and O–H groups in total. The first-order chi connectivity index (χ1) is 9.70. The van der Waals surface area contributed by atoms with Crippen molar-refractivity contribution in [3.05, 3.63) is 23.8 Å². The van der Waals surface area contributed by atoms with Gasteiger partial charge in [0.2, 0.25) is 0 Å². The highest BCUT2D eigenvalue weighted by Gasteiger charge is 2.14. The second kappa shape index (κ2) is 7.14. The third kappa shape index (κ3) is 3.87. The number of hydrogen-bond acceptors (Lipinski definition) is 4. The number of aromatic carboxylic acids is 1. The lowest BCUT2D eigenvalue weighted by molar-refractivity contribution is 0.0691. The van der Waals surface area contributed by atoms with Crippen LogP contribution in [0.4, 0.5) is 0 Å². The smallest absolute Gasteiger partial charge is 0.339 e. The summed E-state index contributed by atoms with van der Waals surface area (Å²) in [5.41, 5.74) is 0.144. The first-order valence-corrected chi connectivity index (χ1v) is 6.97. The van der Waals surface area contributed by atoms with Gasteiger partial charge >= 0.3 is 5.97 Å². The van der Waals surface area contributed by atoms with Gasteiger partial charge in [0.1, 0.15) is 17.1 Å². The van der Waals surface area contributed by atoms with E-state index in [2.05, 4.69) is 4.90 Å². The van der Waals surface area contributed by atoms with Gasteiger partial charge in [-0.1, -0.05) is 0 Å². The second-order valence-corrected chi connectivity index (χ2v) is 4.92. The number of likely N-dealkylation sites (tertiary alicyclic amines) is 1. The Bertz CT molecular complexity index is 455. The lowest BCUT2D eigenvalue weighted by Crippen LogP contribution is -2.22. The van der Waals surface area contributed by atoms with Crippen LogP contribution in [0.1, 0.15) is 29.6 Å². The Morgan fingerprint density at radius 3 is 2.75 bits per heavy atom. The number of rotatable bonds is 7. The average Bonchev–Trinajstić information content (AvgIpc) is 2.96. The van der Waals surface area contributed by atoms with Crippen molar-refractivity contribution in [1.29, 1.82) is 0 Å². The average molecular weight is 279 g/mol. The van der Waals surface area contributed by atoms with E-state index in [1.807, 2.05) is 0 Å². The molecule has 1 aliphatic rings. The molecule has 110 valence electrons. The van der Waals surface area contributed by atoms with Gasteiger partial charge in [-0.05, 0) is 50.6 Å². The maximum Gasteiger partial charge on any atom is 0.339 e. The molecule has 0 unspecified atom stereocenters. The Balaban J connectivity index is 1.86. The predicted molar refractivity (Wildman–Crippen MR) is 75.7 cm³/mol. The van der Waals surface area contributed by atoms with Crippen LogP contribution < -0.4 is 9.47 Å². The molecular formula is C15H21NO4. The van der Waals surface area contributed by atoms with E-state index in [1.165, 1.54) is 39.1 Å². The first kappa shape index (κ1) is 14.7. The largest absolute Gasteiger partial charge is 0.497 e.